The highest BCUT2D eigenvalue weighted by Gasteiger charge is 2.31. The molecule has 0 nitrogen and oxygen atoms in total. The second kappa shape index (κ2) is 4.73. The second-order valence-electron chi connectivity index (χ2n) is 5.37. The van der Waals surface area contributed by atoms with Crippen LogP contribution >= 0.6 is 0 Å². The van der Waals surface area contributed by atoms with Gasteiger partial charge in [0.25, 0.3) is 0 Å². The standard InChI is InChI=1S/C19H11F3/c20-17-15(11-6-2-1-3-7-11)14-10-12-8-4-5-9-13(12)16(14)18(21)19(17)22/h1-9H,10H2. The molecule has 1 aliphatic carbocycles. The summed E-state index contributed by atoms with van der Waals surface area (Å²) >= 11 is 0. The first-order chi connectivity index (χ1) is 10.7. The Balaban J connectivity index is 2.10. The average molecular weight is 296 g/mol. The van der Waals surface area contributed by atoms with Crippen molar-refractivity contribution in [1.29, 1.82) is 0 Å². The number of hydrogen-bond acceptors (Lipinski definition) is 0. The van der Waals surface area contributed by atoms with Crippen LogP contribution in [0.25, 0.3) is 22.3 Å². The molecule has 1 aliphatic rings. The zero-order valence-electron chi connectivity index (χ0n) is 11.5. The second-order valence-corrected chi connectivity index (χ2v) is 5.37. The van der Waals surface area contributed by atoms with Crippen molar-refractivity contribution < 1.29 is 13.2 Å². The summed E-state index contributed by atoms with van der Waals surface area (Å²) in [6.07, 6.45) is 0.407. The smallest absolute Gasteiger partial charge is 0.195 e. The first-order valence-corrected chi connectivity index (χ1v) is 7.01. The molecular formula is C19H11F3. The molecule has 0 radical (unpaired) electrons. The number of fused-ring (bicyclic) bond motifs is 3. The third-order valence-corrected chi connectivity index (χ3v) is 4.14. The molecule has 4 rings (SSSR count). The monoisotopic (exact) mass is 296 g/mol. The summed E-state index contributed by atoms with van der Waals surface area (Å²) in [5, 5.41) is 0. The van der Waals surface area contributed by atoms with Crippen LogP contribution in [0.3, 0.4) is 0 Å². The molecule has 0 atom stereocenters. The van der Waals surface area contributed by atoms with Crippen molar-refractivity contribution in [3.63, 3.8) is 0 Å². The van der Waals surface area contributed by atoms with Crippen LogP contribution in [-0.2, 0) is 6.42 Å². The molecule has 0 saturated carbocycles. The molecule has 3 aromatic rings. The predicted octanol–water partition coefficient (Wildman–Crippen LogP) is 5.34. The average Bonchev–Trinajstić information content (AvgIpc) is 2.93. The highest BCUT2D eigenvalue weighted by Crippen LogP contribution is 2.45. The van der Waals surface area contributed by atoms with Gasteiger partial charge >= 0.3 is 0 Å². The molecule has 0 aromatic heterocycles. The summed E-state index contributed by atoms with van der Waals surface area (Å²) in [6.45, 7) is 0. The van der Waals surface area contributed by atoms with Gasteiger partial charge < -0.3 is 0 Å². The van der Waals surface area contributed by atoms with Gasteiger partial charge in [-0.1, -0.05) is 54.6 Å². The summed E-state index contributed by atoms with van der Waals surface area (Å²) in [6, 6.07) is 16.0. The Labute approximate surface area is 125 Å². The Morgan fingerprint density at radius 2 is 1.27 bits per heavy atom. The van der Waals surface area contributed by atoms with E-state index in [2.05, 4.69) is 0 Å². The lowest BCUT2D eigenvalue weighted by atomic mass is 9.94. The van der Waals surface area contributed by atoms with Crippen LogP contribution in [0.2, 0.25) is 0 Å². The van der Waals surface area contributed by atoms with Crippen molar-refractivity contribution in [3.05, 3.63) is 83.2 Å². The van der Waals surface area contributed by atoms with E-state index in [0.29, 0.717) is 23.1 Å². The van der Waals surface area contributed by atoms with Gasteiger partial charge in [0.2, 0.25) is 0 Å². The largest absolute Gasteiger partial charge is 0.203 e. The maximum atomic E-state index is 14.4. The van der Waals surface area contributed by atoms with Gasteiger partial charge in [0.15, 0.2) is 17.5 Å². The minimum Gasteiger partial charge on any atom is -0.203 e. The van der Waals surface area contributed by atoms with Crippen molar-refractivity contribution in [3.8, 4) is 22.3 Å². The zero-order valence-corrected chi connectivity index (χ0v) is 11.5. The van der Waals surface area contributed by atoms with Crippen LogP contribution < -0.4 is 0 Å². The maximum absolute atomic E-state index is 14.4. The number of hydrogen-bond donors (Lipinski definition) is 0. The fourth-order valence-electron chi connectivity index (χ4n) is 3.18. The lowest BCUT2D eigenvalue weighted by Crippen LogP contribution is -2.01. The van der Waals surface area contributed by atoms with Crippen LogP contribution in [0.15, 0.2) is 54.6 Å². The highest BCUT2D eigenvalue weighted by molar-refractivity contribution is 5.85. The number of halogens is 3. The first-order valence-electron chi connectivity index (χ1n) is 7.01. The molecule has 108 valence electrons. The molecule has 0 unspecified atom stereocenters. The zero-order chi connectivity index (χ0) is 15.3. The topological polar surface area (TPSA) is 0 Å². The molecular weight excluding hydrogens is 285 g/mol. The Morgan fingerprint density at radius 1 is 0.636 bits per heavy atom. The summed E-state index contributed by atoms with van der Waals surface area (Å²) < 4.78 is 42.8. The van der Waals surface area contributed by atoms with Crippen molar-refractivity contribution in [2.75, 3.05) is 0 Å². The quantitative estimate of drug-likeness (QED) is 0.416. The third kappa shape index (κ3) is 1.72. The number of rotatable bonds is 1. The molecule has 0 bridgehead atoms. The summed E-state index contributed by atoms with van der Waals surface area (Å²) in [5.74, 6) is -3.62. The molecule has 0 aliphatic heterocycles. The Hall–Kier alpha value is -2.55. The van der Waals surface area contributed by atoms with Gasteiger partial charge in [-0.25, -0.2) is 13.2 Å². The highest BCUT2D eigenvalue weighted by atomic mass is 19.2. The molecule has 0 fully saturated rings. The molecule has 3 aromatic carbocycles. The van der Waals surface area contributed by atoms with Crippen LogP contribution in [-0.4, -0.2) is 0 Å². The van der Waals surface area contributed by atoms with E-state index in [0.717, 1.165) is 5.56 Å². The molecule has 0 heterocycles. The van der Waals surface area contributed by atoms with Crippen LogP contribution in [0.1, 0.15) is 11.1 Å². The Kier molecular flexibility index (Phi) is 2.83. The molecule has 22 heavy (non-hydrogen) atoms. The van der Waals surface area contributed by atoms with E-state index in [1.165, 1.54) is 0 Å². The van der Waals surface area contributed by atoms with E-state index in [-0.39, 0.29) is 11.1 Å². The SMILES string of the molecule is Fc1c(F)c(-c2ccccc2)c2c(c1F)-c1ccccc1C2. The molecule has 0 amide bonds. The van der Waals surface area contributed by atoms with E-state index < -0.39 is 17.5 Å². The molecule has 3 heteroatoms. The van der Waals surface area contributed by atoms with Crippen molar-refractivity contribution in [2.24, 2.45) is 0 Å². The summed E-state index contributed by atoms with van der Waals surface area (Å²) in [7, 11) is 0. The Morgan fingerprint density at radius 3 is 2.05 bits per heavy atom. The summed E-state index contributed by atoms with van der Waals surface area (Å²) in [5.41, 5.74) is 2.95. The molecule has 0 saturated heterocycles. The lowest BCUT2D eigenvalue weighted by molar-refractivity contribution is 0.450. The van der Waals surface area contributed by atoms with E-state index >= 15 is 0 Å². The van der Waals surface area contributed by atoms with Crippen LogP contribution in [0.4, 0.5) is 13.2 Å². The minimum absolute atomic E-state index is 0.158. The normalized spacial score (nSPS) is 12.1. The molecule has 0 N–H and O–H groups in total. The van der Waals surface area contributed by atoms with Gasteiger partial charge in [-0.2, -0.15) is 0 Å². The number of benzene rings is 3. The van der Waals surface area contributed by atoms with Crippen LogP contribution in [0, 0.1) is 17.5 Å². The van der Waals surface area contributed by atoms with Crippen molar-refractivity contribution in [1.82, 2.24) is 0 Å². The third-order valence-electron chi connectivity index (χ3n) is 4.14. The van der Waals surface area contributed by atoms with Gasteiger partial charge in [0, 0.05) is 11.1 Å². The fourth-order valence-corrected chi connectivity index (χ4v) is 3.18. The van der Waals surface area contributed by atoms with Gasteiger partial charge in [-0.3, -0.25) is 0 Å². The van der Waals surface area contributed by atoms with E-state index in [1.54, 1.807) is 42.5 Å². The maximum Gasteiger partial charge on any atom is 0.195 e. The van der Waals surface area contributed by atoms with Gasteiger partial charge in [-0.15, -0.1) is 0 Å². The van der Waals surface area contributed by atoms with Gasteiger partial charge in [0.05, 0.1) is 0 Å². The summed E-state index contributed by atoms with van der Waals surface area (Å²) in [4.78, 5) is 0. The van der Waals surface area contributed by atoms with Gasteiger partial charge in [0.1, 0.15) is 0 Å². The van der Waals surface area contributed by atoms with E-state index in [4.69, 9.17) is 0 Å². The van der Waals surface area contributed by atoms with Gasteiger partial charge in [-0.05, 0) is 28.7 Å². The van der Waals surface area contributed by atoms with Crippen molar-refractivity contribution >= 4 is 0 Å². The van der Waals surface area contributed by atoms with Crippen LogP contribution in [0.5, 0.6) is 0 Å². The Bertz CT molecular complexity index is 883. The minimum atomic E-state index is -1.41. The first kappa shape index (κ1) is 13.1. The lowest BCUT2D eigenvalue weighted by Gasteiger charge is -2.12. The van der Waals surface area contributed by atoms with E-state index in [1.807, 2.05) is 12.1 Å². The van der Waals surface area contributed by atoms with E-state index in [9.17, 15) is 13.2 Å². The molecule has 0 spiro atoms. The van der Waals surface area contributed by atoms with Crippen molar-refractivity contribution in [2.45, 2.75) is 6.42 Å². The fraction of sp³-hybridized carbons (Fsp3) is 0.0526. The predicted molar refractivity (Wildman–Crippen MR) is 80.0 cm³/mol.